The van der Waals surface area contributed by atoms with Crippen molar-refractivity contribution in [1.82, 2.24) is 14.7 Å². The molecule has 4 rings (SSSR count). The Morgan fingerprint density at radius 3 is 2.66 bits per heavy atom. The smallest absolute Gasteiger partial charge is 0.341 e. The van der Waals surface area contributed by atoms with Gasteiger partial charge in [0.05, 0.1) is 41.9 Å². The van der Waals surface area contributed by atoms with Crippen LogP contribution in [-0.4, -0.2) is 45.6 Å². The van der Waals surface area contributed by atoms with Gasteiger partial charge < -0.3 is 15.0 Å². The third-order valence-electron chi connectivity index (χ3n) is 5.46. The minimum atomic E-state index is -0.465. The average Bonchev–Trinajstić information content (AvgIpc) is 3.33. The quantitative estimate of drug-likeness (QED) is 0.598. The summed E-state index contributed by atoms with van der Waals surface area (Å²) in [5, 5.41) is 7.69. The second-order valence-corrected chi connectivity index (χ2v) is 8.57. The van der Waals surface area contributed by atoms with Gasteiger partial charge >= 0.3 is 5.97 Å². The normalized spacial score (nSPS) is 12.9. The van der Waals surface area contributed by atoms with E-state index in [4.69, 9.17) is 4.74 Å². The molecule has 0 fully saturated rings. The molecule has 0 saturated carbocycles. The summed E-state index contributed by atoms with van der Waals surface area (Å²) < 4.78 is 6.96. The van der Waals surface area contributed by atoms with Crippen LogP contribution in [-0.2, 0) is 22.5 Å². The predicted molar refractivity (Wildman–Crippen MR) is 121 cm³/mol. The van der Waals surface area contributed by atoms with Gasteiger partial charge in [0.25, 0.3) is 5.91 Å². The van der Waals surface area contributed by atoms with E-state index < -0.39 is 5.97 Å². The molecule has 0 unspecified atom stereocenters. The van der Waals surface area contributed by atoms with Crippen LogP contribution in [0.25, 0.3) is 5.69 Å². The third kappa shape index (κ3) is 4.03. The van der Waals surface area contributed by atoms with Crippen LogP contribution >= 0.6 is 11.3 Å². The molecule has 2 aromatic heterocycles. The maximum atomic E-state index is 13.1. The summed E-state index contributed by atoms with van der Waals surface area (Å²) in [4.78, 5) is 40.3. The Bertz CT molecular complexity index is 1180. The van der Waals surface area contributed by atoms with Crippen molar-refractivity contribution >= 4 is 34.1 Å². The van der Waals surface area contributed by atoms with Crippen LogP contribution in [0.4, 0.5) is 5.00 Å². The van der Waals surface area contributed by atoms with Crippen molar-refractivity contribution in [2.24, 2.45) is 0 Å². The number of nitrogens with one attached hydrogen (secondary N) is 1. The lowest BCUT2D eigenvalue weighted by atomic mass is 10.0. The highest BCUT2D eigenvalue weighted by molar-refractivity contribution is 7.17. The van der Waals surface area contributed by atoms with Crippen molar-refractivity contribution in [2.45, 2.75) is 33.7 Å². The van der Waals surface area contributed by atoms with Gasteiger partial charge in [-0.05, 0) is 38.0 Å². The molecule has 3 aromatic rings. The molecule has 0 saturated heterocycles. The predicted octanol–water partition coefficient (Wildman–Crippen LogP) is 3.58. The Hall–Kier alpha value is -3.46. The zero-order valence-corrected chi connectivity index (χ0v) is 19.0. The second-order valence-electron chi connectivity index (χ2n) is 7.46. The summed E-state index contributed by atoms with van der Waals surface area (Å²) in [6.45, 7) is 6.28. The first kappa shape index (κ1) is 21.8. The molecule has 0 spiro atoms. The number of fused-ring (bicyclic) bond motifs is 1. The van der Waals surface area contributed by atoms with E-state index in [2.05, 4.69) is 10.4 Å². The number of hydrogen-bond acceptors (Lipinski definition) is 6. The zero-order chi connectivity index (χ0) is 22.8. The van der Waals surface area contributed by atoms with Crippen LogP contribution in [0.2, 0.25) is 0 Å². The lowest BCUT2D eigenvalue weighted by molar-refractivity contribution is -0.129. The van der Waals surface area contributed by atoms with E-state index in [-0.39, 0.29) is 18.4 Å². The fraction of sp³-hybridized carbons (Fsp3) is 0.304. The Kier molecular flexibility index (Phi) is 6.09. The van der Waals surface area contributed by atoms with Crippen molar-refractivity contribution in [3.63, 3.8) is 0 Å². The Morgan fingerprint density at radius 1 is 1.22 bits per heavy atom. The minimum absolute atomic E-state index is 0.0173. The van der Waals surface area contributed by atoms with Crippen LogP contribution in [0.5, 0.6) is 0 Å². The number of anilines is 1. The minimum Gasteiger partial charge on any atom is -0.462 e. The lowest BCUT2D eigenvalue weighted by Gasteiger charge is -2.25. The largest absolute Gasteiger partial charge is 0.462 e. The van der Waals surface area contributed by atoms with Gasteiger partial charge in [-0.3, -0.25) is 9.59 Å². The van der Waals surface area contributed by atoms with E-state index in [1.54, 1.807) is 16.5 Å². The molecule has 1 aromatic carbocycles. The highest BCUT2D eigenvalue weighted by Gasteiger charge is 2.30. The molecule has 1 N–H and O–H groups in total. The van der Waals surface area contributed by atoms with E-state index in [0.717, 1.165) is 16.1 Å². The lowest BCUT2D eigenvalue weighted by Crippen LogP contribution is -2.34. The van der Waals surface area contributed by atoms with Gasteiger partial charge in [-0.1, -0.05) is 18.2 Å². The standard InChI is InChI=1S/C23H24N4O4S/c1-4-31-23(30)20-17-10-11-26(15(3)28)13-19(17)32-22(20)25-21(29)18-12-24-27(14(18)2)16-8-6-5-7-9-16/h5-9,12H,4,10-11,13H2,1-3H3,(H,25,29). The highest BCUT2D eigenvalue weighted by Crippen LogP contribution is 2.38. The number of carbonyl (C=O) groups excluding carboxylic acids is 3. The Labute approximate surface area is 189 Å². The van der Waals surface area contributed by atoms with Crippen molar-refractivity contribution in [1.29, 1.82) is 0 Å². The first-order valence-electron chi connectivity index (χ1n) is 10.4. The fourth-order valence-electron chi connectivity index (χ4n) is 3.81. The molecule has 0 aliphatic carbocycles. The van der Waals surface area contributed by atoms with E-state index in [9.17, 15) is 14.4 Å². The van der Waals surface area contributed by atoms with Crippen LogP contribution < -0.4 is 5.32 Å². The molecule has 8 nitrogen and oxygen atoms in total. The third-order valence-corrected chi connectivity index (χ3v) is 6.60. The molecule has 3 heterocycles. The molecule has 0 radical (unpaired) electrons. The van der Waals surface area contributed by atoms with Crippen LogP contribution in [0, 0.1) is 6.92 Å². The zero-order valence-electron chi connectivity index (χ0n) is 18.2. The SMILES string of the molecule is CCOC(=O)c1c(NC(=O)c2cnn(-c3ccccc3)c2C)sc2c1CCN(C(C)=O)C2. The van der Waals surface area contributed by atoms with Gasteiger partial charge in [0.1, 0.15) is 5.00 Å². The number of esters is 1. The summed E-state index contributed by atoms with van der Waals surface area (Å²) in [5.74, 6) is -0.832. The van der Waals surface area contributed by atoms with Crippen LogP contribution in [0.3, 0.4) is 0 Å². The van der Waals surface area contributed by atoms with Gasteiger partial charge in [0.15, 0.2) is 0 Å². The molecule has 166 valence electrons. The van der Waals surface area contributed by atoms with Crippen molar-refractivity contribution < 1.29 is 19.1 Å². The molecule has 0 bridgehead atoms. The Morgan fingerprint density at radius 2 is 1.97 bits per heavy atom. The Balaban J connectivity index is 1.66. The van der Waals surface area contributed by atoms with Crippen molar-refractivity contribution in [3.8, 4) is 5.69 Å². The summed E-state index contributed by atoms with van der Waals surface area (Å²) >= 11 is 1.32. The number of carbonyl (C=O) groups is 3. The summed E-state index contributed by atoms with van der Waals surface area (Å²) in [6.07, 6.45) is 2.06. The highest BCUT2D eigenvalue weighted by atomic mass is 32.1. The number of rotatable bonds is 5. The first-order chi connectivity index (χ1) is 15.4. The molecule has 1 aliphatic heterocycles. The van der Waals surface area contributed by atoms with Crippen LogP contribution in [0.15, 0.2) is 36.5 Å². The summed E-state index contributed by atoms with van der Waals surface area (Å²) in [5.41, 5.74) is 3.19. The summed E-state index contributed by atoms with van der Waals surface area (Å²) in [7, 11) is 0. The van der Waals surface area contributed by atoms with Gasteiger partial charge in [0.2, 0.25) is 5.91 Å². The van der Waals surface area contributed by atoms with Crippen molar-refractivity contribution in [2.75, 3.05) is 18.5 Å². The number of aromatic nitrogens is 2. The number of hydrogen-bond donors (Lipinski definition) is 1. The molecule has 1 aliphatic rings. The second kappa shape index (κ2) is 8.96. The monoisotopic (exact) mass is 452 g/mol. The number of ether oxygens (including phenoxy) is 1. The number of thiophene rings is 1. The maximum Gasteiger partial charge on any atom is 0.341 e. The molecular weight excluding hydrogens is 428 g/mol. The van der Waals surface area contributed by atoms with Gasteiger partial charge in [0, 0.05) is 18.3 Å². The van der Waals surface area contributed by atoms with Gasteiger partial charge in [-0.2, -0.15) is 5.10 Å². The molecule has 9 heteroatoms. The average molecular weight is 453 g/mol. The van der Waals surface area contributed by atoms with Gasteiger partial charge in [-0.15, -0.1) is 11.3 Å². The van der Waals surface area contributed by atoms with E-state index in [1.807, 2.05) is 37.3 Å². The molecule has 2 amide bonds. The number of amides is 2. The van der Waals surface area contributed by atoms with Crippen LogP contribution in [0.1, 0.15) is 50.7 Å². The maximum absolute atomic E-state index is 13.1. The molecule has 0 atom stereocenters. The molecule has 32 heavy (non-hydrogen) atoms. The van der Waals surface area contributed by atoms with E-state index in [1.165, 1.54) is 24.5 Å². The molecular formula is C23H24N4O4S. The fourth-order valence-corrected chi connectivity index (χ4v) is 5.06. The van der Waals surface area contributed by atoms with E-state index >= 15 is 0 Å². The van der Waals surface area contributed by atoms with E-state index in [0.29, 0.717) is 41.3 Å². The van der Waals surface area contributed by atoms with Crippen molar-refractivity contribution in [3.05, 3.63) is 63.8 Å². The first-order valence-corrected chi connectivity index (χ1v) is 11.2. The summed E-state index contributed by atoms with van der Waals surface area (Å²) in [6, 6.07) is 9.55. The topological polar surface area (TPSA) is 93.5 Å². The number of benzene rings is 1. The number of para-hydroxylation sites is 1. The van der Waals surface area contributed by atoms with Gasteiger partial charge in [-0.25, -0.2) is 9.48 Å². The number of nitrogens with zero attached hydrogens (tertiary/aromatic N) is 3.